The molecule has 1 aromatic carbocycles. The van der Waals surface area contributed by atoms with Crippen molar-refractivity contribution >= 4 is 25.8 Å². The first-order valence-corrected chi connectivity index (χ1v) is 15.0. The predicted molar refractivity (Wildman–Crippen MR) is 138 cm³/mol. The maximum Gasteiger partial charge on any atom is 0.405 e. The van der Waals surface area contributed by atoms with Crippen LogP contribution in [0.25, 0.3) is 11.3 Å². The summed E-state index contributed by atoms with van der Waals surface area (Å²) in [5.74, 6) is -0.559. The molecular formula is C25H36N4O4Si. The number of hydrogen-bond acceptors (Lipinski definition) is 4. The lowest BCUT2D eigenvalue weighted by Crippen LogP contribution is -2.26. The Hall–Kier alpha value is -3.17. The summed E-state index contributed by atoms with van der Waals surface area (Å²) in [4.78, 5) is 23.8. The van der Waals surface area contributed by atoms with E-state index in [0.29, 0.717) is 24.4 Å². The molecule has 9 heteroatoms. The highest BCUT2D eigenvalue weighted by Gasteiger charge is 2.20. The van der Waals surface area contributed by atoms with Crippen LogP contribution in [0.5, 0.6) is 0 Å². The number of carbonyl (C=O) groups excluding carboxylic acids is 1. The number of amides is 2. The summed E-state index contributed by atoms with van der Waals surface area (Å²) in [5, 5.41) is 19.2. The molecule has 34 heavy (non-hydrogen) atoms. The first-order chi connectivity index (χ1) is 16.1. The highest BCUT2D eigenvalue weighted by Crippen LogP contribution is 2.31. The third kappa shape index (κ3) is 8.00. The highest BCUT2D eigenvalue weighted by atomic mass is 28.3. The van der Waals surface area contributed by atoms with Crippen LogP contribution in [0.15, 0.2) is 55.8 Å². The molecule has 0 spiro atoms. The fraction of sp³-hybridized carbons (Fsp3) is 0.400. The van der Waals surface area contributed by atoms with Gasteiger partial charge in [-0.2, -0.15) is 5.10 Å². The van der Waals surface area contributed by atoms with Gasteiger partial charge in [-0.25, -0.2) is 9.48 Å². The number of anilines is 1. The van der Waals surface area contributed by atoms with Crippen molar-refractivity contribution in [3.05, 3.63) is 61.3 Å². The van der Waals surface area contributed by atoms with Gasteiger partial charge < -0.3 is 20.5 Å². The van der Waals surface area contributed by atoms with E-state index in [0.717, 1.165) is 17.2 Å². The van der Waals surface area contributed by atoms with E-state index < -0.39 is 20.2 Å². The smallest absolute Gasteiger partial charge is 0.405 e. The predicted octanol–water partition coefficient (Wildman–Crippen LogP) is 5.51. The van der Waals surface area contributed by atoms with E-state index in [2.05, 4.69) is 48.5 Å². The summed E-state index contributed by atoms with van der Waals surface area (Å²) >= 11 is 0. The number of ether oxygens (including phenoxy) is 1. The minimum absolute atomic E-state index is 0.191. The van der Waals surface area contributed by atoms with E-state index in [-0.39, 0.29) is 18.6 Å². The van der Waals surface area contributed by atoms with Crippen LogP contribution in [-0.2, 0) is 16.3 Å². The number of nitrogens with one attached hydrogen (secondary N) is 2. The van der Waals surface area contributed by atoms with Crippen LogP contribution in [-0.4, -0.2) is 41.6 Å². The summed E-state index contributed by atoms with van der Waals surface area (Å²) in [6.45, 7) is 16.9. The fourth-order valence-electron chi connectivity index (χ4n) is 3.26. The van der Waals surface area contributed by atoms with E-state index in [1.807, 2.05) is 24.3 Å². The standard InChI is InChI=1S/C25H36N4O4Si/c1-7-10-21(28-25(31)32)19-11-9-12-20(15-19)23-22(27-24(30)18(3)8-2)16-26-29(23)17-33-13-14-34(4,5)6/h7-9,11-12,15-16,18,21,28H,1-2,10,13-14,17H2,3-6H3,(H,27,30)(H,31,32). The molecular weight excluding hydrogens is 448 g/mol. The molecule has 2 rings (SSSR count). The molecule has 2 amide bonds. The maximum atomic E-state index is 12.6. The van der Waals surface area contributed by atoms with Crippen molar-refractivity contribution in [1.82, 2.24) is 15.1 Å². The number of hydrogen-bond donors (Lipinski definition) is 3. The van der Waals surface area contributed by atoms with E-state index in [4.69, 9.17) is 4.74 Å². The Kier molecular flexibility index (Phi) is 9.82. The number of carboxylic acid groups (broad SMARTS) is 1. The first kappa shape index (κ1) is 27.1. The number of aromatic nitrogens is 2. The molecule has 3 N–H and O–H groups in total. The molecule has 1 heterocycles. The van der Waals surface area contributed by atoms with Crippen LogP contribution in [0.1, 0.15) is 24.9 Å². The lowest BCUT2D eigenvalue weighted by atomic mass is 9.99. The molecule has 0 aliphatic heterocycles. The monoisotopic (exact) mass is 484 g/mol. The van der Waals surface area contributed by atoms with Crippen molar-refractivity contribution in [1.29, 1.82) is 0 Å². The van der Waals surface area contributed by atoms with Gasteiger partial charge in [0.2, 0.25) is 5.91 Å². The number of nitrogens with zero attached hydrogens (tertiary/aromatic N) is 2. The van der Waals surface area contributed by atoms with Crippen molar-refractivity contribution in [2.75, 3.05) is 11.9 Å². The molecule has 1 aromatic heterocycles. The normalized spacial score (nSPS) is 13.1. The summed E-state index contributed by atoms with van der Waals surface area (Å²) in [5.41, 5.74) is 2.80. The van der Waals surface area contributed by atoms with Gasteiger partial charge in [-0.1, -0.05) is 56.9 Å². The molecule has 0 aliphatic carbocycles. The number of benzene rings is 1. The molecule has 0 bridgehead atoms. The molecule has 0 saturated carbocycles. The zero-order chi connectivity index (χ0) is 25.3. The average Bonchev–Trinajstić information content (AvgIpc) is 3.17. The largest absolute Gasteiger partial charge is 0.465 e. The van der Waals surface area contributed by atoms with Gasteiger partial charge in [0, 0.05) is 20.2 Å². The van der Waals surface area contributed by atoms with Crippen LogP contribution in [0, 0.1) is 5.92 Å². The molecule has 8 nitrogen and oxygen atoms in total. The third-order valence-electron chi connectivity index (χ3n) is 5.34. The van der Waals surface area contributed by atoms with Crippen molar-refractivity contribution in [2.24, 2.45) is 5.92 Å². The van der Waals surface area contributed by atoms with Gasteiger partial charge in [0.05, 0.1) is 29.5 Å². The summed E-state index contributed by atoms with van der Waals surface area (Å²) < 4.78 is 7.63. The van der Waals surface area contributed by atoms with Gasteiger partial charge >= 0.3 is 6.09 Å². The van der Waals surface area contributed by atoms with Gasteiger partial charge in [0.1, 0.15) is 6.73 Å². The van der Waals surface area contributed by atoms with Gasteiger partial charge in [0.25, 0.3) is 0 Å². The lowest BCUT2D eigenvalue weighted by Gasteiger charge is -2.18. The average molecular weight is 485 g/mol. The first-order valence-electron chi connectivity index (χ1n) is 11.3. The SMILES string of the molecule is C=CCC(NC(=O)O)c1cccc(-c2c(NC(=O)C(C)C=C)cnn2COCC[Si](C)(C)C)c1. The highest BCUT2D eigenvalue weighted by molar-refractivity contribution is 6.76. The van der Waals surface area contributed by atoms with Crippen molar-refractivity contribution < 1.29 is 19.4 Å². The van der Waals surface area contributed by atoms with E-state index in [9.17, 15) is 14.7 Å². The maximum absolute atomic E-state index is 12.6. The molecule has 2 aromatic rings. The minimum atomic E-state index is -1.23. The van der Waals surface area contributed by atoms with E-state index in [1.54, 1.807) is 30.0 Å². The Labute approximate surface area is 202 Å². The van der Waals surface area contributed by atoms with Crippen LogP contribution >= 0.6 is 0 Å². The van der Waals surface area contributed by atoms with Crippen LogP contribution in [0.4, 0.5) is 10.5 Å². The van der Waals surface area contributed by atoms with Crippen molar-refractivity contribution in [2.45, 2.75) is 51.8 Å². The van der Waals surface area contributed by atoms with Crippen molar-refractivity contribution in [3.63, 3.8) is 0 Å². The van der Waals surface area contributed by atoms with E-state index in [1.165, 1.54) is 0 Å². The minimum Gasteiger partial charge on any atom is -0.465 e. The Morgan fingerprint density at radius 2 is 2.03 bits per heavy atom. The molecule has 2 unspecified atom stereocenters. The zero-order valence-electron chi connectivity index (χ0n) is 20.5. The lowest BCUT2D eigenvalue weighted by molar-refractivity contribution is -0.118. The second-order valence-electron chi connectivity index (χ2n) is 9.42. The quantitative estimate of drug-likeness (QED) is 0.198. The van der Waals surface area contributed by atoms with Crippen LogP contribution < -0.4 is 10.6 Å². The van der Waals surface area contributed by atoms with Crippen molar-refractivity contribution in [3.8, 4) is 11.3 Å². The molecule has 0 aliphatic rings. The summed E-state index contributed by atoms with van der Waals surface area (Å²) in [6.07, 6.45) is 4.19. The van der Waals surface area contributed by atoms with Gasteiger partial charge in [0.15, 0.2) is 0 Å². The van der Waals surface area contributed by atoms with E-state index >= 15 is 0 Å². The topological polar surface area (TPSA) is 105 Å². The zero-order valence-corrected chi connectivity index (χ0v) is 21.5. The van der Waals surface area contributed by atoms with Gasteiger partial charge in [-0.15, -0.1) is 13.2 Å². The second-order valence-corrected chi connectivity index (χ2v) is 15.0. The molecule has 0 fully saturated rings. The molecule has 184 valence electrons. The van der Waals surface area contributed by atoms with Gasteiger partial charge in [-0.3, -0.25) is 4.79 Å². The molecule has 0 radical (unpaired) electrons. The summed E-state index contributed by atoms with van der Waals surface area (Å²) in [6, 6.07) is 8.09. The number of carbonyl (C=O) groups is 2. The Morgan fingerprint density at radius 1 is 1.29 bits per heavy atom. The molecule has 0 saturated heterocycles. The molecule has 2 atom stereocenters. The third-order valence-corrected chi connectivity index (χ3v) is 7.04. The van der Waals surface area contributed by atoms with Crippen LogP contribution in [0.2, 0.25) is 25.7 Å². The van der Waals surface area contributed by atoms with Gasteiger partial charge in [-0.05, 0) is 24.1 Å². The Balaban J connectivity index is 2.42. The fourth-order valence-corrected chi connectivity index (χ4v) is 4.02. The second kappa shape index (κ2) is 12.3. The number of rotatable bonds is 13. The Morgan fingerprint density at radius 3 is 2.65 bits per heavy atom. The summed E-state index contributed by atoms with van der Waals surface area (Å²) in [7, 11) is -1.23. The Bertz CT molecular complexity index is 1010. The van der Waals surface area contributed by atoms with Crippen LogP contribution in [0.3, 0.4) is 0 Å².